The number of hydrogen-bond donors (Lipinski definition) is 7. The molecule has 6 atom stereocenters. The van der Waals surface area contributed by atoms with E-state index in [4.69, 9.17) is 17.2 Å². The van der Waals surface area contributed by atoms with Crippen LogP contribution in [0.3, 0.4) is 0 Å². The van der Waals surface area contributed by atoms with E-state index in [-0.39, 0.29) is 17.8 Å². The highest BCUT2D eigenvalue weighted by Crippen LogP contribution is 2.11. The first-order valence-electron chi connectivity index (χ1n) is 11.3. The van der Waals surface area contributed by atoms with E-state index in [2.05, 4.69) is 20.9 Å². The molecule has 0 aromatic carbocycles. The summed E-state index contributed by atoms with van der Waals surface area (Å²) >= 11 is 0. The minimum absolute atomic E-state index is 0.0430. The molecule has 0 fully saturated rings. The molecule has 0 aliphatic carbocycles. The molecule has 0 radical (unpaired) electrons. The molecule has 0 saturated carbocycles. The van der Waals surface area contributed by atoms with Gasteiger partial charge in [-0.25, -0.2) is 4.79 Å². The Kier molecular flexibility index (Phi) is 13.7. The molecule has 190 valence electrons. The van der Waals surface area contributed by atoms with Crippen LogP contribution in [0.2, 0.25) is 0 Å². The molecule has 0 aromatic rings. The first-order chi connectivity index (χ1) is 15.3. The van der Waals surface area contributed by atoms with Crippen molar-refractivity contribution in [2.24, 2.45) is 34.0 Å². The van der Waals surface area contributed by atoms with Crippen molar-refractivity contribution in [3.05, 3.63) is 0 Å². The molecule has 10 N–H and O–H groups in total. The van der Waals surface area contributed by atoms with E-state index >= 15 is 0 Å². The topological polar surface area (TPSA) is 215 Å². The van der Waals surface area contributed by atoms with Gasteiger partial charge in [-0.2, -0.15) is 0 Å². The Bertz CT molecular complexity index is 696. The second kappa shape index (κ2) is 15.0. The Morgan fingerprint density at radius 1 is 0.848 bits per heavy atom. The van der Waals surface area contributed by atoms with E-state index in [9.17, 15) is 24.3 Å². The molecule has 12 nitrogen and oxygen atoms in total. The lowest BCUT2D eigenvalue weighted by atomic mass is 9.97. The third kappa shape index (κ3) is 11.0. The molecule has 0 saturated heterocycles. The van der Waals surface area contributed by atoms with Crippen molar-refractivity contribution in [2.45, 2.75) is 84.5 Å². The van der Waals surface area contributed by atoms with E-state index in [0.717, 1.165) is 0 Å². The Hall–Kier alpha value is -2.89. The van der Waals surface area contributed by atoms with Crippen LogP contribution in [0.1, 0.15) is 60.3 Å². The maximum absolute atomic E-state index is 12.9. The van der Waals surface area contributed by atoms with Gasteiger partial charge in [0.25, 0.3) is 0 Å². The fourth-order valence-corrected chi connectivity index (χ4v) is 2.94. The average Bonchev–Trinajstić information content (AvgIpc) is 2.76. The van der Waals surface area contributed by atoms with Crippen LogP contribution in [0.25, 0.3) is 0 Å². The number of nitrogens with one attached hydrogen (secondary N) is 3. The molecule has 0 aliphatic rings. The molecule has 0 spiro atoms. The van der Waals surface area contributed by atoms with Crippen molar-refractivity contribution in [3.63, 3.8) is 0 Å². The number of aliphatic imine (C=N–C) groups is 1. The zero-order valence-corrected chi connectivity index (χ0v) is 20.3. The SMILES string of the molecule is CCC(C)C(NC(=O)C(C)NC(=O)C(NC(=O)C(N)CCCN=C(N)N)C(C)CC)C(=O)O. The number of aliphatic carboxylic acids is 1. The Balaban J connectivity index is 5.08. The van der Waals surface area contributed by atoms with Crippen LogP contribution in [-0.4, -0.2) is 65.5 Å². The van der Waals surface area contributed by atoms with Gasteiger partial charge in [-0.3, -0.25) is 19.4 Å². The molecular formula is C21H41N7O5. The van der Waals surface area contributed by atoms with Crippen LogP contribution < -0.4 is 33.2 Å². The van der Waals surface area contributed by atoms with Crippen molar-refractivity contribution < 1.29 is 24.3 Å². The van der Waals surface area contributed by atoms with Gasteiger partial charge in [-0.1, -0.05) is 40.5 Å². The standard InChI is InChI=1S/C21H41N7O5/c1-6-11(3)15(27-18(30)14(22)9-8-10-25-21(23)24)19(31)26-13(5)17(29)28-16(20(32)33)12(4)7-2/h11-16H,6-10,22H2,1-5H3,(H,26,31)(H,27,30)(H,28,29)(H,32,33)(H4,23,24,25). The molecule has 6 unspecified atom stereocenters. The van der Waals surface area contributed by atoms with Crippen molar-refractivity contribution in [1.29, 1.82) is 0 Å². The summed E-state index contributed by atoms with van der Waals surface area (Å²) in [6.07, 6.45) is 1.97. The van der Waals surface area contributed by atoms with Gasteiger partial charge in [0, 0.05) is 6.54 Å². The second-order valence-electron chi connectivity index (χ2n) is 8.37. The molecule has 0 aliphatic heterocycles. The average molecular weight is 472 g/mol. The molecule has 33 heavy (non-hydrogen) atoms. The van der Waals surface area contributed by atoms with Crippen molar-refractivity contribution in [3.8, 4) is 0 Å². The lowest BCUT2D eigenvalue weighted by Crippen LogP contribution is -2.58. The Morgan fingerprint density at radius 3 is 1.85 bits per heavy atom. The van der Waals surface area contributed by atoms with E-state index < -0.39 is 47.9 Å². The maximum atomic E-state index is 12.9. The smallest absolute Gasteiger partial charge is 0.326 e. The number of carboxylic acids is 1. The minimum Gasteiger partial charge on any atom is -0.480 e. The fraction of sp³-hybridized carbons (Fsp3) is 0.762. The predicted molar refractivity (Wildman–Crippen MR) is 126 cm³/mol. The van der Waals surface area contributed by atoms with Gasteiger partial charge in [0.1, 0.15) is 18.1 Å². The van der Waals surface area contributed by atoms with Crippen LogP contribution in [0.5, 0.6) is 0 Å². The van der Waals surface area contributed by atoms with Crippen LogP contribution >= 0.6 is 0 Å². The molecule has 0 aromatic heterocycles. The van der Waals surface area contributed by atoms with Gasteiger partial charge >= 0.3 is 5.97 Å². The summed E-state index contributed by atoms with van der Waals surface area (Å²) in [5, 5.41) is 17.0. The number of rotatable bonds is 15. The number of hydrogen-bond acceptors (Lipinski definition) is 6. The zero-order chi connectivity index (χ0) is 25.7. The summed E-state index contributed by atoms with van der Waals surface area (Å²) in [5.74, 6) is -3.38. The van der Waals surface area contributed by atoms with Gasteiger partial charge in [0.15, 0.2) is 5.96 Å². The van der Waals surface area contributed by atoms with Crippen molar-refractivity contribution in [2.75, 3.05) is 6.54 Å². The number of carbonyl (C=O) groups is 4. The van der Waals surface area contributed by atoms with Crippen LogP contribution in [0, 0.1) is 11.8 Å². The number of amides is 3. The van der Waals surface area contributed by atoms with Gasteiger partial charge in [0.05, 0.1) is 6.04 Å². The first-order valence-corrected chi connectivity index (χ1v) is 11.3. The number of carbonyl (C=O) groups excluding carboxylic acids is 3. The molecule has 0 rings (SSSR count). The van der Waals surface area contributed by atoms with Gasteiger partial charge in [-0.15, -0.1) is 0 Å². The normalized spacial score (nSPS) is 16.3. The highest BCUT2D eigenvalue weighted by Gasteiger charge is 2.31. The van der Waals surface area contributed by atoms with Crippen LogP contribution in [0.4, 0.5) is 0 Å². The molecule has 0 bridgehead atoms. The number of nitrogens with zero attached hydrogens (tertiary/aromatic N) is 1. The summed E-state index contributed by atoms with van der Waals surface area (Å²) in [5.41, 5.74) is 16.4. The molecule has 0 heterocycles. The van der Waals surface area contributed by atoms with E-state index in [0.29, 0.717) is 32.2 Å². The lowest BCUT2D eigenvalue weighted by molar-refractivity contribution is -0.143. The molecule has 3 amide bonds. The number of carboxylic acid groups (broad SMARTS) is 1. The largest absolute Gasteiger partial charge is 0.480 e. The van der Waals surface area contributed by atoms with Gasteiger partial charge in [0.2, 0.25) is 17.7 Å². The molecular weight excluding hydrogens is 430 g/mol. The quantitative estimate of drug-likeness (QED) is 0.0892. The third-order valence-corrected chi connectivity index (χ3v) is 5.63. The monoisotopic (exact) mass is 471 g/mol. The Morgan fingerprint density at radius 2 is 1.36 bits per heavy atom. The Labute approximate surface area is 195 Å². The van der Waals surface area contributed by atoms with Crippen LogP contribution in [0.15, 0.2) is 4.99 Å². The van der Waals surface area contributed by atoms with E-state index in [1.54, 1.807) is 13.8 Å². The number of guanidine groups is 1. The zero-order valence-electron chi connectivity index (χ0n) is 20.3. The highest BCUT2D eigenvalue weighted by molar-refractivity contribution is 5.94. The molecule has 12 heteroatoms. The van der Waals surface area contributed by atoms with Crippen molar-refractivity contribution >= 4 is 29.7 Å². The third-order valence-electron chi connectivity index (χ3n) is 5.63. The van der Waals surface area contributed by atoms with E-state index in [1.807, 2.05) is 13.8 Å². The summed E-state index contributed by atoms with van der Waals surface area (Å²) < 4.78 is 0. The number of nitrogens with two attached hydrogens (primary N) is 3. The minimum atomic E-state index is -1.14. The van der Waals surface area contributed by atoms with Crippen molar-refractivity contribution in [1.82, 2.24) is 16.0 Å². The van der Waals surface area contributed by atoms with Crippen LogP contribution in [-0.2, 0) is 19.2 Å². The predicted octanol–water partition coefficient (Wildman–Crippen LogP) is -0.982. The lowest BCUT2D eigenvalue weighted by Gasteiger charge is -2.27. The van der Waals surface area contributed by atoms with Gasteiger partial charge < -0.3 is 38.3 Å². The van der Waals surface area contributed by atoms with Gasteiger partial charge in [-0.05, 0) is 31.6 Å². The maximum Gasteiger partial charge on any atom is 0.326 e. The summed E-state index contributed by atoms with van der Waals surface area (Å²) in [6.45, 7) is 8.99. The second-order valence-corrected chi connectivity index (χ2v) is 8.37. The first kappa shape index (κ1) is 30.1. The van der Waals surface area contributed by atoms with E-state index in [1.165, 1.54) is 6.92 Å². The summed E-state index contributed by atoms with van der Waals surface area (Å²) in [6, 6.07) is -3.83. The summed E-state index contributed by atoms with van der Waals surface area (Å²) in [7, 11) is 0. The highest BCUT2D eigenvalue weighted by atomic mass is 16.4. The fourth-order valence-electron chi connectivity index (χ4n) is 2.94. The summed E-state index contributed by atoms with van der Waals surface area (Å²) in [4.78, 5) is 53.1.